The Labute approximate surface area is 123 Å². The fraction of sp³-hybridized carbons (Fsp3) is 0.632. The van der Waals surface area contributed by atoms with Crippen LogP contribution in [0.4, 0.5) is 0 Å². The van der Waals surface area contributed by atoms with E-state index in [2.05, 4.69) is 60.6 Å². The first-order valence-electron chi connectivity index (χ1n) is 7.64. The smallest absolute Gasteiger partial charge is 0.160 e. The summed E-state index contributed by atoms with van der Waals surface area (Å²) in [6.45, 7) is 17.7. The highest BCUT2D eigenvalue weighted by Crippen LogP contribution is 2.56. The first-order valence-corrected chi connectivity index (χ1v) is 7.64. The zero-order valence-electron chi connectivity index (χ0n) is 14.2. The largest absolute Gasteiger partial charge is 0.295 e. The first kappa shape index (κ1) is 15.3. The molecule has 2 rings (SSSR count). The summed E-state index contributed by atoms with van der Waals surface area (Å²) < 4.78 is 0. The number of Topliss-reactive ketones (excluding diaryl/α,β-unsaturated/α-hetero) is 1. The average Bonchev–Trinajstić information content (AvgIpc) is 2.46. The third kappa shape index (κ3) is 2.12. The second-order valence-corrected chi connectivity index (χ2v) is 8.16. The minimum atomic E-state index is 0.174. The second kappa shape index (κ2) is 4.44. The van der Waals surface area contributed by atoms with Crippen LogP contribution in [0.25, 0.3) is 0 Å². The molecule has 20 heavy (non-hydrogen) atoms. The van der Waals surface area contributed by atoms with Crippen molar-refractivity contribution in [3.63, 3.8) is 0 Å². The highest BCUT2D eigenvalue weighted by atomic mass is 16.1. The topological polar surface area (TPSA) is 17.1 Å². The predicted octanol–water partition coefficient (Wildman–Crippen LogP) is 5.25. The van der Waals surface area contributed by atoms with E-state index in [4.69, 9.17) is 0 Å². The Morgan fingerprint density at radius 1 is 1.20 bits per heavy atom. The fourth-order valence-electron chi connectivity index (χ4n) is 4.07. The number of rotatable bonds is 1. The Kier molecular flexibility index (Phi) is 3.40. The van der Waals surface area contributed by atoms with Crippen molar-refractivity contribution in [2.75, 3.05) is 0 Å². The standard InChI is InChI=1S/C19H28O/c1-11-9-16-15(10-14(11)13(3)20)17(18(4,5)6)12(2)19(16,7)8/h9-10,12,17H,1-8H3. The summed E-state index contributed by atoms with van der Waals surface area (Å²) in [5, 5.41) is 0. The molecule has 0 spiro atoms. The van der Waals surface area contributed by atoms with Crippen LogP contribution in [0, 0.1) is 18.3 Å². The van der Waals surface area contributed by atoms with E-state index in [1.165, 1.54) is 11.1 Å². The number of carbonyl (C=O) groups excluding carboxylic acids is 1. The van der Waals surface area contributed by atoms with Crippen LogP contribution in [0.3, 0.4) is 0 Å². The highest BCUT2D eigenvalue weighted by Gasteiger charge is 2.48. The molecule has 1 aromatic carbocycles. The lowest BCUT2D eigenvalue weighted by molar-refractivity contribution is 0.101. The maximum atomic E-state index is 11.9. The van der Waals surface area contributed by atoms with Gasteiger partial charge in [-0.3, -0.25) is 4.79 Å². The maximum absolute atomic E-state index is 11.9. The Balaban J connectivity index is 2.74. The van der Waals surface area contributed by atoms with Crippen molar-refractivity contribution in [1.82, 2.24) is 0 Å². The van der Waals surface area contributed by atoms with E-state index < -0.39 is 0 Å². The van der Waals surface area contributed by atoms with Gasteiger partial charge in [0.15, 0.2) is 5.78 Å². The molecule has 0 radical (unpaired) electrons. The third-order valence-electron chi connectivity index (χ3n) is 5.38. The van der Waals surface area contributed by atoms with Crippen LogP contribution in [0.5, 0.6) is 0 Å². The number of ketones is 1. The molecule has 2 unspecified atom stereocenters. The predicted molar refractivity (Wildman–Crippen MR) is 85.6 cm³/mol. The van der Waals surface area contributed by atoms with Gasteiger partial charge in [-0.25, -0.2) is 0 Å². The lowest BCUT2D eigenvalue weighted by Gasteiger charge is -2.35. The average molecular weight is 272 g/mol. The molecule has 1 aliphatic carbocycles. The third-order valence-corrected chi connectivity index (χ3v) is 5.38. The summed E-state index contributed by atoms with van der Waals surface area (Å²) >= 11 is 0. The molecular weight excluding hydrogens is 244 g/mol. The van der Waals surface area contributed by atoms with E-state index in [0.717, 1.165) is 11.1 Å². The number of fused-ring (bicyclic) bond motifs is 1. The van der Waals surface area contributed by atoms with Crippen molar-refractivity contribution in [3.05, 3.63) is 34.4 Å². The Morgan fingerprint density at radius 2 is 1.75 bits per heavy atom. The van der Waals surface area contributed by atoms with E-state index in [1.807, 2.05) is 0 Å². The lowest BCUT2D eigenvalue weighted by Crippen LogP contribution is -2.28. The molecule has 0 aromatic heterocycles. The second-order valence-electron chi connectivity index (χ2n) is 8.16. The zero-order chi connectivity index (χ0) is 15.5. The van der Waals surface area contributed by atoms with Crippen LogP contribution in [0.2, 0.25) is 0 Å². The monoisotopic (exact) mass is 272 g/mol. The van der Waals surface area contributed by atoms with Crippen LogP contribution in [-0.4, -0.2) is 5.78 Å². The molecule has 0 bridgehead atoms. The summed E-state index contributed by atoms with van der Waals surface area (Å²) in [6.07, 6.45) is 0. The van der Waals surface area contributed by atoms with Gasteiger partial charge in [-0.15, -0.1) is 0 Å². The first-order chi connectivity index (χ1) is 8.98. The van der Waals surface area contributed by atoms with Gasteiger partial charge in [0, 0.05) is 5.56 Å². The number of hydrogen-bond acceptors (Lipinski definition) is 1. The van der Waals surface area contributed by atoms with E-state index in [0.29, 0.717) is 11.8 Å². The molecule has 1 heteroatoms. The molecule has 1 aromatic rings. The Morgan fingerprint density at radius 3 is 2.20 bits per heavy atom. The molecule has 1 aliphatic rings. The summed E-state index contributed by atoms with van der Waals surface area (Å²) in [4.78, 5) is 11.9. The molecular formula is C19H28O. The van der Waals surface area contributed by atoms with Crippen LogP contribution in [-0.2, 0) is 5.41 Å². The maximum Gasteiger partial charge on any atom is 0.160 e. The number of hydrogen-bond donors (Lipinski definition) is 0. The lowest BCUT2D eigenvalue weighted by atomic mass is 9.69. The molecule has 2 atom stereocenters. The minimum absolute atomic E-state index is 0.174. The molecule has 0 saturated carbocycles. The van der Waals surface area contributed by atoms with Crippen LogP contribution in [0.15, 0.2) is 12.1 Å². The van der Waals surface area contributed by atoms with Crippen LogP contribution >= 0.6 is 0 Å². The number of benzene rings is 1. The van der Waals surface area contributed by atoms with Gasteiger partial charge in [-0.05, 0) is 59.3 Å². The zero-order valence-corrected chi connectivity index (χ0v) is 14.2. The van der Waals surface area contributed by atoms with Gasteiger partial charge in [-0.1, -0.05) is 47.6 Å². The van der Waals surface area contributed by atoms with Crippen molar-refractivity contribution >= 4 is 5.78 Å². The molecule has 0 fully saturated rings. The van der Waals surface area contributed by atoms with Gasteiger partial charge in [0.25, 0.3) is 0 Å². The summed E-state index contributed by atoms with van der Waals surface area (Å²) in [5.41, 5.74) is 5.23. The van der Waals surface area contributed by atoms with E-state index in [-0.39, 0.29) is 16.6 Å². The quantitative estimate of drug-likeness (QED) is 0.638. The van der Waals surface area contributed by atoms with Crippen LogP contribution in [0.1, 0.15) is 81.4 Å². The summed E-state index contributed by atoms with van der Waals surface area (Å²) in [5.74, 6) is 1.26. The van der Waals surface area contributed by atoms with Crippen molar-refractivity contribution in [2.45, 2.75) is 66.7 Å². The number of aryl methyl sites for hydroxylation is 1. The molecule has 0 heterocycles. The van der Waals surface area contributed by atoms with Crippen LogP contribution < -0.4 is 0 Å². The minimum Gasteiger partial charge on any atom is -0.295 e. The molecule has 110 valence electrons. The van der Waals surface area contributed by atoms with E-state index in [9.17, 15) is 4.79 Å². The normalized spacial score (nSPS) is 24.6. The SMILES string of the molecule is CC(=O)c1cc2c(cc1C)C(C)(C)C(C)C2C(C)(C)C. The fourth-order valence-corrected chi connectivity index (χ4v) is 4.07. The van der Waals surface area contributed by atoms with Gasteiger partial charge in [0.2, 0.25) is 0 Å². The molecule has 0 N–H and O–H groups in total. The molecule has 0 aliphatic heterocycles. The van der Waals surface area contributed by atoms with E-state index >= 15 is 0 Å². The Bertz CT molecular complexity index is 558. The van der Waals surface area contributed by atoms with Crippen molar-refractivity contribution in [2.24, 2.45) is 11.3 Å². The van der Waals surface area contributed by atoms with E-state index in [1.54, 1.807) is 6.92 Å². The highest BCUT2D eigenvalue weighted by molar-refractivity contribution is 5.96. The number of carbonyl (C=O) groups is 1. The Hall–Kier alpha value is -1.11. The van der Waals surface area contributed by atoms with Crippen molar-refractivity contribution in [1.29, 1.82) is 0 Å². The molecule has 0 saturated heterocycles. The van der Waals surface area contributed by atoms with Crippen molar-refractivity contribution in [3.8, 4) is 0 Å². The van der Waals surface area contributed by atoms with Gasteiger partial charge < -0.3 is 0 Å². The summed E-state index contributed by atoms with van der Waals surface area (Å²) in [7, 11) is 0. The molecule has 0 amide bonds. The van der Waals surface area contributed by atoms with Gasteiger partial charge in [0.05, 0.1) is 0 Å². The van der Waals surface area contributed by atoms with Gasteiger partial charge in [-0.2, -0.15) is 0 Å². The van der Waals surface area contributed by atoms with Crippen molar-refractivity contribution < 1.29 is 4.79 Å². The summed E-state index contributed by atoms with van der Waals surface area (Å²) in [6, 6.07) is 4.43. The van der Waals surface area contributed by atoms with Gasteiger partial charge in [0.1, 0.15) is 0 Å². The molecule has 1 nitrogen and oxygen atoms in total. The van der Waals surface area contributed by atoms with Gasteiger partial charge >= 0.3 is 0 Å².